The quantitative estimate of drug-likeness (QED) is 0.850. The summed E-state index contributed by atoms with van der Waals surface area (Å²) >= 11 is 0. The van der Waals surface area contributed by atoms with Crippen molar-refractivity contribution in [2.75, 3.05) is 26.7 Å². The van der Waals surface area contributed by atoms with Gasteiger partial charge in [0.25, 0.3) is 0 Å². The monoisotopic (exact) mass is 255 g/mol. The number of likely N-dealkylation sites (N-methyl/N-ethyl adjacent to an activating group) is 1. The van der Waals surface area contributed by atoms with E-state index in [1.54, 1.807) is 11.9 Å². The van der Waals surface area contributed by atoms with Gasteiger partial charge in [-0.05, 0) is 13.1 Å². The molecule has 2 N–H and O–H groups in total. The predicted molar refractivity (Wildman–Crippen MR) is 63.1 cm³/mol. The van der Waals surface area contributed by atoms with Gasteiger partial charge < -0.3 is 15.5 Å². The fourth-order valence-corrected chi connectivity index (χ4v) is 1.99. The number of hydrogen-bond donors (Lipinski definition) is 2. The summed E-state index contributed by atoms with van der Waals surface area (Å²) in [6.45, 7) is 1.62. The molecule has 18 heavy (non-hydrogen) atoms. The van der Waals surface area contributed by atoms with Gasteiger partial charge in [-0.25, -0.2) is 13.6 Å². The minimum absolute atomic E-state index is 0.223. The second-order valence-electron chi connectivity index (χ2n) is 4.22. The van der Waals surface area contributed by atoms with Gasteiger partial charge in [0.15, 0.2) is 0 Å². The van der Waals surface area contributed by atoms with E-state index in [0.717, 1.165) is 6.07 Å². The number of halogens is 2. The van der Waals surface area contributed by atoms with Gasteiger partial charge in [0.05, 0.1) is 6.04 Å². The van der Waals surface area contributed by atoms with Crippen molar-refractivity contribution in [2.24, 2.45) is 0 Å². The van der Waals surface area contributed by atoms with Gasteiger partial charge in [0.2, 0.25) is 0 Å². The Hall–Kier alpha value is -1.69. The molecule has 1 aromatic carbocycles. The summed E-state index contributed by atoms with van der Waals surface area (Å²) in [6, 6.07) is 2.75. The summed E-state index contributed by atoms with van der Waals surface area (Å²) in [4.78, 5) is 13.2. The number of nitrogens with zero attached hydrogens (tertiary/aromatic N) is 1. The lowest BCUT2D eigenvalue weighted by Gasteiger charge is -2.14. The fourth-order valence-electron chi connectivity index (χ4n) is 1.99. The summed E-state index contributed by atoms with van der Waals surface area (Å²) < 4.78 is 26.4. The Bertz CT molecular complexity index is 453. The van der Waals surface area contributed by atoms with Crippen LogP contribution in [-0.4, -0.2) is 37.6 Å². The van der Waals surface area contributed by atoms with E-state index in [0.29, 0.717) is 25.2 Å². The Balaban J connectivity index is 2.09. The van der Waals surface area contributed by atoms with Gasteiger partial charge in [-0.2, -0.15) is 0 Å². The minimum atomic E-state index is -0.629. The lowest BCUT2D eigenvalue weighted by atomic mass is 10.1. The fraction of sp³-hybridized carbons (Fsp3) is 0.417. The number of nitrogens with one attached hydrogen (secondary N) is 2. The number of urea groups is 1. The van der Waals surface area contributed by atoms with Gasteiger partial charge >= 0.3 is 6.03 Å². The molecule has 0 saturated carbocycles. The van der Waals surface area contributed by atoms with E-state index >= 15 is 0 Å². The molecule has 1 saturated heterocycles. The molecule has 0 radical (unpaired) electrons. The van der Waals surface area contributed by atoms with Crippen LogP contribution in [0.15, 0.2) is 18.2 Å². The van der Waals surface area contributed by atoms with Gasteiger partial charge in [0.1, 0.15) is 11.6 Å². The molecule has 1 heterocycles. The van der Waals surface area contributed by atoms with Crippen molar-refractivity contribution in [2.45, 2.75) is 6.04 Å². The predicted octanol–water partition coefficient (Wildman–Crippen LogP) is 1.25. The molecule has 0 bridgehead atoms. The first-order chi connectivity index (χ1) is 8.61. The minimum Gasteiger partial charge on any atom is -0.329 e. The molecule has 2 rings (SSSR count). The number of benzene rings is 1. The van der Waals surface area contributed by atoms with E-state index in [4.69, 9.17) is 0 Å². The number of carbonyl (C=O) groups is 1. The number of hydrogen-bond acceptors (Lipinski definition) is 2. The smallest absolute Gasteiger partial charge is 0.318 e. The van der Waals surface area contributed by atoms with Crippen LogP contribution in [0.2, 0.25) is 0 Å². The molecule has 1 unspecified atom stereocenters. The molecule has 0 aromatic heterocycles. The molecule has 1 aromatic rings. The molecule has 0 spiro atoms. The molecule has 1 aliphatic heterocycles. The zero-order valence-electron chi connectivity index (χ0n) is 10.0. The van der Waals surface area contributed by atoms with Gasteiger partial charge in [-0.15, -0.1) is 0 Å². The van der Waals surface area contributed by atoms with Crippen molar-refractivity contribution in [3.8, 4) is 0 Å². The highest BCUT2D eigenvalue weighted by atomic mass is 19.1. The molecule has 1 fully saturated rings. The van der Waals surface area contributed by atoms with Gasteiger partial charge in [0, 0.05) is 31.3 Å². The van der Waals surface area contributed by atoms with Crippen molar-refractivity contribution >= 4 is 6.03 Å². The summed E-state index contributed by atoms with van der Waals surface area (Å²) in [5.74, 6) is -1.25. The van der Waals surface area contributed by atoms with Gasteiger partial charge in [-0.1, -0.05) is 6.07 Å². The van der Waals surface area contributed by atoms with Gasteiger partial charge in [-0.3, -0.25) is 0 Å². The second-order valence-corrected chi connectivity index (χ2v) is 4.22. The highest BCUT2D eigenvalue weighted by molar-refractivity contribution is 5.77. The van der Waals surface area contributed by atoms with Crippen LogP contribution in [0.4, 0.5) is 13.6 Å². The molecular weight excluding hydrogens is 240 g/mol. The van der Waals surface area contributed by atoms with E-state index in [2.05, 4.69) is 10.6 Å². The van der Waals surface area contributed by atoms with Crippen molar-refractivity contribution in [3.05, 3.63) is 35.4 Å². The molecule has 0 aliphatic carbocycles. The molecule has 6 heteroatoms. The van der Waals surface area contributed by atoms with Crippen LogP contribution >= 0.6 is 0 Å². The first-order valence-electron chi connectivity index (χ1n) is 5.77. The maximum Gasteiger partial charge on any atom is 0.318 e. The van der Waals surface area contributed by atoms with E-state index in [9.17, 15) is 13.6 Å². The highest BCUT2D eigenvalue weighted by Crippen LogP contribution is 2.23. The number of rotatable bonds is 4. The third kappa shape index (κ3) is 2.59. The van der Waals surface area contributed by atoms with Crippen LogP contribution in [0.1, 0.15) is 11.6 Å². The summed E-state index contributed by atoms with van der Waals surface area (Å²) in [6.07, 6.45) is 0. The largest absolute Gasteiger partial charge is 0.329 e. The maximum atomic E-state index is 13.6. The first-order valence-corrected chi connectivity index (χ1v) is 5.77. The van der Waals surface area contributed by atoms with Crippen molar-refractivity contribution in [3.63, 3.8) is 0 Å². The normalized spacial score (nSPS) is 19.2. The zero-order valence-corrected chi connectivity index (χ0v) is 10.0. The summed E-state index contributed by atoms with van der Waals surface area (Å²) in [7, 11) is 1.80. The number of amides is 2. The van der Waals surface area contributed by atoms with Crippen LogP contribution in [0.3, 0.4) is 0 Å². The van der Waals surface area contributed by atoms with E-state index in [-0.39, 0.29) is 6.03 Å². The Morgan fingerprint density at radius 1 is 1.50 bits per heavy atom. The SMILES string of the molecule is CNCCN1CC(c2ccc(F)cc2F)NC1=O. The van der Waals surface area contributed by atoms with Crippen LogP contribution in [0.5, 0.6) is 0 Å². The van der Waals surface area contributed by atoms with Crippen LogP contribution in [0, 0.1) is 11.6 Å². The molecule has 1 atom stereocenters. The van der Waals surface area contributed by atoms with Crippen LogP contribution in [0.25, 0.3) is 0 Å². The van der Waals surface area contributed by atoms with Crippen molar-refractivity contribution in [1.82, 2.24) is 15.5 Å². The molecule has 98 valence electrons. The zero-order chi connectivity index (χ0) is 13.1. The average molecular weight is 255 g/mol. The first kappa shape index (κ1) is 12.8. The lowest BCUT2D eigenvalue weighted by molar-refractivity contribution is 0.218. The van der Waals surface area contributed by atoms with Crippen molar-refractivity contribution < 1.29 is 13.6 Å². The Kier molecular flexibility index (Phi) is 3.76. The van der Waals surface area contributed by atoms with Crippen LogP contribution in [-0.2, 0) is 0 Å². The summed E-state index contributed by atoms with van der Waals surface area (Å²) in [5.41, 5.74) is 0.316. The molecule has 4 nitrogen and oxygen atoms in total. The second kappa shape index (κ2) is 5.30. The third-order valence-corrected chi connectivity index (χ3v) is 2.96. The van der Waals surface area contributed by atoms with Crippen LogP contribution < -0.4 is 10.6 Å². The third-order valence-electron chi connectivity index (χ3n) is 2.96. The Morgan fingerprint density at radius 3 is 2.94 bits per heavy atom. The Morgan fingerprint density at radius 2 is 2.28 bits per heavy atom. The average Bonchev–Trinajstić information content (AvgIpc) is 2.68. The highest BCUT2D eigenvalue weighted by Gasteiger charge is 2.30. The van der Waals surface area contributed by atoms with E-state index in [1.807, 2.05) is 0 Å². The van der Waals surface area contributed by atoms with E-state index in [1.165, 1.54) is 12.1 Å². The number of carbonyl (C=O) groups excluding carboxylic acids is 1. The summed E-state index contributed by atoms with van der Waals surface area (Å²) in [5, 5.41) is 5.63. The lowest BCUT2D eigenvalue weighted by Crippen LogP contribution is -2.33. The topological polar surface area (TPSA) is 44.4 Å². The molecular formula is C12H15F2N3O. The standard InChI is InChI=1S/C12H15F2N3O/c1-15-4-5-17-7-11(16-12(17)18)9-3-2-8(13)6-10(9)14/h2-3,6,11,15H,4-5,7H2,1H3,(H,16,18). The van der Waals surface area contributed by atoms with E-state index < -0.39 is 17.7 Å². The molecule has 1 aliphatic rings. The molecule has 2 amide bonds. The maximum absolute atomic E-state index is 13.6. The van der Waals surface area contributed by atoms with Crippen molar-refractivity contribution in [1.29, 1.82) is 0 Å². The Labute approximate surface area is 104 Å².